The third-order valence-corrected chi connectivity index (χ3v) is 4.63. The van der Waals surface area contributed by atoms with Gasteiger partial charge in [-0.1, -0.05) is 13.0 Å². The molecule has 28 heavy (non-hydrogen) atoms. The van der Waals surface area contributed by atoms with Gasteiger partial charge in [0.25, 0.3) is 0 Å². The van der Waals surface area contributed by atoms with Crippen LogP contribution in [-0.4, -0.2) is 25.3 Å². The summed E-state index contributed by atoms with van der Waals surface area (Å²) < 4.78 is 24.3. The Hall–Kier alpha value is -2.76. The Balaban J connectivity index is 2.18. The topological polar surface area (TPSA) is 67.8 Å². The summed E-state index contributed by atoms with van der Waals surface area (Å²) >= 11 is 0. The van der Waals surface area contributed by atoms with Crippen LogP contribution in [0.25, 0.3) is 0 Å². The van der Waals surface area contributed by atoms with E-state index in [1.165, 1.54) is 19.2 Å². The number of unbranched alkanes of at least 4 members (excludes halogenated alkanes) is 1. The van der Waals surface area contributed by atoms with Crippen molar-refractivity contribution in [2.24, 2.45) is 0 Å². The van der Waals surface area contributed by atoms with Crippen molar-refractivity contribution in [3.8, 4) is 11.5 Å². The molecule has 0 amide bonds. The normalized spacial score (nSPS) is 11.7. The van der Waals surface area contributed by atoms with Crippen molar-refractivity contribution in [1.29, 1.82) is 0 Å². The predicted molar refractivity (Wildman–Crippen MR) is 108 cm³/mol. The number of anilines is 1. The molecule has 0 bridgehead atoms. The lowest BCUT2D eigenvalue weighted by molar-refractivity contribution is -0.137. The minimum absolute atomic E-state index is 0.0532. The van der Waals surface area contributed by atoms with Crippen LogP contribution in [0.3, 0.4) is 0 Å². The fourth-order valence-electron chi connectivity index (χ4n) is 3.19. The molecule has 152 valence electrons. The number of carbonyl (C=O) groups is 1. The molecule has 2 aromatic carbocycles. The number of methoxy groups -OCH3 is 2. The number of carboxylic acids is 1. The highest BCUT2D eigenvalue weighted by Crippen LogP contribution is 2.32. The van der Waals surface area contributed by atoms with Crippen LogP contribution in [0.2, 0.25) is 0 Å². The summed E-state index contributed by atoms with van der Waals surface area (Å²) in [4.78, 5) is 10.7. The van der Waals surface area contributed by atoms with Gasteiger partial charge in [-0.15, -0.1) is 0 Å². The minimum atomic E-state index is -0.771. The summed E-state index contributed by atoms with van der Waals surface area (Å²) in [6.07, 6.45) is 3.17. The van der Waals surface area contributed by atoms with E-state index in [4.69, 9.17) is 14.6 Å². The first kappa shape index (κ1) is 21.5. The summed E-state index contributed by atoms with van der Waals surface area (Å²) in [5.41, 5.74) is 2.86. The largest absolute Gasteiger partial charge is 0.497 e. The Morgan fingerprint density at radius 2 is 1.93 bits per heavy atom. The molecule has 5 nitrogen and oxygen atoms in total. The van der Waals surface area contributed by atoms with Crippen molar-refractivity contribution in [1.82, 2.24) is 0 Å². The summed E-state index contributed by atoms with van der Waals surface area (Å²) in [7, 11) is 3.15. The Bertz CT molecular complexity index is 794. The van der Waals surface area contributed by atoms with E-state index in [1.54, 1.807) is 13.2 Å². The second-order valence-corrected chi connectivity index (χ2v) is 6.66. The zero-order valence-corrected chi connectivity index (χ0v) is 16.6. The van der Waals surface area contributed by atoms with Crippen LogP contribution >= 0.6 is 0 Å². The number of carboxylic acid groups (broad SMARTS) is 1. The zero-order chi connectivity index (χ0) is 20.5. The van der Waals surface area contributed by atoms with Gasteiger partial charge in [0.05, 0.1) is 20.3 Å². The molecule has 0 fully saturated rings. The van der Waals surface area contributed by atoms with Crippen LogP contribution in [0.4, 0.5) is 10.1 Å². The van der Waals surface area contributed by atoms with Gasteiger partial charge in [-0.3, -0.25) is 4.79 Å². The smallest absolute Gasteiger partial charge is 0.303 e. The minimum Gasteiger partial charge on any atom is -0.497 e. The standard InChI is InChI=1S/C22H28FNO4/c1-4-20(19-10-9-16(23)13-21(19)28-3)24-17-11-15(12-18(14-17)27-2)7-5-6-8-22(25)26/h9-14,20,24H,4-8H2,1-3H3,(H,25,26). The second kappa shape index (κ2) is 10.5. The maximum Gasteiger partial charge on any atom is 0.303 e. The molecule has 0 spiro atoms. The van der Waals surface area contributed by atoms with Crippen molar-refractivity contribution >= 4 is 11.7 Å². The van der Waals surface area contributed by atoms with E-state index in [0.29, 0.717) is 12.2 Å². The monoisotopic (exact) mass is 389 g/mol. The van der Waals surface area contributed by atoms with Gasteiger partial charge in [0.2, 0.25) is 0 Å². The first-order chi connectivity index (χ1) is 13.5. The number of benzene rings is 2. The molecule has 0 aliphatic carbocycles. The third kappa shape index (κ3) is 6.15. The molecule has 6 heteroatoms. The number of ether oxygens (including phenoxy) is 2. The van der Waals surface area contributed by atoms with Gasteiger partial charge in [0, 0.05) is 29.8 Å². The van der Waals surface area contributed by atoms with Gasteiger partial charge in [0.15, 0.2) is 0 Å². The zero-order valence-electron chi connectivity index (χ0n) is 16.6. The molecule has 1 unspecified atom stereocenters. The van der Waals surface area contributed by atoms with Gasteiger partial charge in [0.1, 0.15) is 17.3 Å². The molecule has 0 aromatic heterocycles. The van der Waals surface area contributed by atoms with E-state index in [2.05, 4.69) is 5.32 Å². The lowest BCUT2D eigenvalue weighted by atomic mass is 10.0. The fraction of sp³-hybridized carbons (Fsp3) is 0.409. The van der Waals surface area contributed by atoms with Gasteiger partial charge in [-0.25, -0.2) is 4.39 Å². The van der Waals surface area contributed by atoms with E-state index < -0.39 is 5.97 Å². The first-order valence-electron chi connectivity index (χ1n) is 9.46. The molecule has 0 aliphatic heterocycles. The molecular weight excluding hydrogens is 361 g/mol. The Labute approximate surface area is 165 Å². The average Bonchev–Trinajstić information content (AvgIpc) is 2.69. The number of aliphatic carboxylic acids is 1. The Kier molecular flexibility index (Phi) is 8.11. The van der Waals surface area contributed by atoms with Crippen LogP contribution in [-0.2, 0) is 11.2 Å². The maximum absolute atomic E-state index is 13.5. The van der Waals surface area contributed by atoms with Crippen LogP contribution in [0.5, 0.6) is 11.5 Å². The number of halogens is 1. The van der Waals surface area contributed by atoms with E-state index >= 15 is 0 Å². The molecule has 0 radical (unpaired) electrons. The van der Waals surface area contributed by atoms with E-state index in [9.17, 15) is 9.18 Å². The maximum atomic E-state index is 13.5. The molecule has 1 atom stereocenters. The molecule has 0 heterocycles. The van der Waals surface area contributed by atoms with E-state index in [0.717, 1.165) is 41.8 Å². The van der Waals surface area contributed by atoms with Crippen molar-refractivity contribution in [3.05, 3.63) is 53.3 Å². The van der Waals surface area contributed by atoms with Crippen molar-refractivity contribution in [2.45, 2.75) is 45.1 Å². The van der Waals surface area contributed by atoms with Crippen molar-refractivity contribution in [2.75, 3.05) is 19.5 Å². The summed E-state index contributed by atoms with van der Waals surface area (Å²) in [6, 6.07) is 10.4. The number of hydrogen-bond donors (Lipinski definition) is 2. The van der Waals surface area contributed by atoms with Crippen LogP contribution in [0.1, 0.15) is 49.8 Å². The predicted octanol–water partition coefficient (Wildman–Crippen LogP) is 5.20. The third-order valence-electron chi connectivity index (χ3n) is 4.63. The number of rotatable bonds is 11. The highest BCUT2D eigenvalue weighted by atomic mass is 19.1. The summed E-state index contributed by atoms with van der Waals surface area (Å²) in [5.74, 6) is 0.141. The van der Waals surface area contributed by atoms with Crippen molar-refractivity contribution < 1.29 is 23.8 Å². The van der Waals surface area contributed by atoms with Gasteiger partial charge >= 0.3 is 5.97 Å². The highest BCUT2D eigenvalue weighted by molar-refractivity contribution is 5.66. The molecule has 0 saturated heterocycles. The van der Waals surface area contributed by atoms with E-state index in [-0.39, 0.29) is 18.3 Å². The fourth-order valence-corrected chi connectivity index (χ4v) is 3.19. The SMILES string of the molecule is CCC(Nc1cc(CCCCC(=O)O)cc(OC)c1)c1ccc(F)cc1OC. The van der Waals surface area contributed by atoms with Gasteiger partial charge in [-0.05, 0) is 49.4 Å². The highest BCUT2D eigenvalue weighted by Gasteiger charge is 2.16. The Morgan fingerprint density at radius 1 is 1.14 bits per heavy atom. The second-order valence-electron chi connectivity index (χ2n) is 6.66. The van der Waals surface area contributed by atoms with Crippen molar-refractivity contribution in [3.63, 3.8) is 0 Å². The average molecular weight is 389 g/mol. The molecular formula is C22H28FNO4. The van der Waals surface area contributed by atoms with E-state index in [1.807, 2.05) is 25.1 Å². The number of hydrogen-bond acceptors (Lipinski definition) is 4. The molecule has 2 N–H and O–H groups in total. The lowest BCUT2D eigenvalue weighted by Gasteiger charge is -2.22. The lowest BCUT2D eigenvalue weighted by Crippen LogP contribution is -2.11. The molecule has 0 aliphatic rings. The number of aryl methyl sites for hydroxylation is 1. The van der Waals surface area contributed by atoms with Gasteiger partial charge in [-0.2, -0.15) is 0 Å². The van der Waals surface area contributed by atoms with Gasteiger partial charge < -0.3 is 19.9 Å². The Morgan fingerprint density at radius 3 is 2.57 bits per heavy atom. The molecule has 2 rings (SSSR count). The van der Waals surface area contributed by atoms with Crippen LogP contribution < -0.4 is 14.8 Å². The van der Waals surface area contributed by atoms with Crippen LogP contribution in [0.15, 0.2) is 36.4 Å². The first-order valence-corrected chi connectivity index (χ1v) is 9.46. The van der Waals surface area contributed by atoms with Crippen LogP contribution in [0, 0.1) is 5.82 Å². The number of nitrogens with one attached hydrogen (secondary N) is 1. The summed E-state index contributed by atoms with van der Waals surface area (Å²) in [6.45, 7) is 2.05. The summed E-state index contributed by atoms with van der Waals surface area (Å²) in [5, 5.41) is 12.3. The molecule has 0 saturated carbocycles. The quantitative estimate of drug-likeness (QED) is 0.517. The molecule has 2 aromatic rings.